The molecule has 2 amide bonds. The first kappa shape index (κ1) is 18.9. The Morgan fingerprint density at radius 3 is 2.36 bits per heavy atom. The largest absolute Gasteiger partial charge is 0.481 e. The van der Waals surface area contributed by atoms with Gasteiger partial charge in [-0.2, -0.15) is 0 Å². The smallest absolute Gasteiger partial charge is 0.305 e. The fraction of sp³-hybridized carbons (Fsp3) is 0.353. The number of carboxylic acids is 1. The van der Waals surface area contributed by atoms with E-state index in [4.69, 9.17) is 16.7 Å². The molecule has 0 bridgehead atoms. The fourth-order valence-corrected chi connectivity index (χ4v) is 2.74. The highest BCUT2D eigenvalue weighted by molar-refractivity contribution is 6.30. The van der Waals surface area contributed by atoms with Gasteiger partial charge in [0.05, 0.1) is 12.1 Å². The second-order valence-electron chi connectivity index (χ2n) is 5.64. The molecule has 3 N–H and O–H groups in total. The first-order valence-corrected chi connectivity index (χ1v) is 8.24. The van der Waals surface area contributed by atoms with Gasteiger partial charge in [-0.3, -0.25) is 14.4 Å². The molecule has 0 aromatic heterocycles. The van der Waals surface area contributed by atoms with Gasteiger partial charge in [0.25, 0.3) is 5.91 Å². The quantitative estimate of drug-likeness (QED) is 0.719. The van der Waals surface area contributed by atoms with Crippen molar-refractivity contribution in [2.24, 2.45) is 0 Å². The number of benzene rings is 1. The minimum Gasteiger partial charge on any atom is -0.481 e. The maximum atomic E-state index is 13.8. The number of carboxylic acid groups (broad SMARTS) is 1. The molecule has 1 aliphatic rings. The zero-order valence-electron chi connectivity index (χ0n) is 13.4. The number of amides is 2. The van der Waals surface area contributed by atoms with Crippen molar-refractivity contribution in [1.29, 1.82) is 0 Å². The number of carbonyl (C=O) groups excluding carboxylic acids is 2. The molecule has 1 aromatic rings. The zero-order chi connectivity index (χ0) is 18.4. The molecule has 1 aliphatic carbocycles. The van der Waals surface area contributed by atoms with Gasteiger partial charge in [-0.1, -0.05) is 11.6 Å². The lowest BCUT2D eigenvalue weighted by molar-refractivity contribution is -0.136. The minimum absolute atomic E-state index is 0.0155. The van der Waals surface area contributed by atoms with Gasteiger partial charge in [-0.15, -0.1) is 0 Å². The van der Waals surface area contributed by atoms with E-state index in [0.717, 1.165) is 18.9 Å². The molecular weight excluding hydrogens is 351 g/mol. The van der Waals surface area contributed by atoms with Crippen molar-refractivity contribution in [3.05, 3.63) is 40.2 Å². The van der Waals surface area contributed by atoms with Crippen LogP contribution in [0.1, 0.15) is 32.1 Å². The summed E-state index contributed by atoms with van der Waals surface area (Å²) in [6, 6.07) is 3.90. The van der Waals surface area contributed by atoms with Crippen LogP contribution in [-0.2, 0) is 14.4 Å². The van der Waals surface area contributed by atoms with E-state index in [9.17, 15) is 18.8 Å². The highest BCUT2D eigenvalue weighted by Crippen LogP contribution is 2.27. The molecule has 1 aromatic carbocycles. The average molecular weight is 369 g/mol. The highest BCUT2D eigenvalue weighted by Gasteiger charge is 2.24. The summed E-state index contributed by atoms with van der Waals surface area (Å²) in [6.07, 6.45) is 2.13. The van der Waals surface area contributed by atoms with Crippen LogP contribution in [0.3, 0.4) is 0 Å². The number of hydrogen-bond acceptors (Lipinski definition) is 3. The molecule has 0 unspecified atom stereocenters. The molecule has 2 rings (SSSR count). The van der Waals surface area contributed by atoms with Gasteiger partial charge >= 0.3 is 5.97 Å². The summed E-state index contributed by atoms with van der Waals surface area (Å²) in [5, 5.41) is 13.8. The molecule has 6 nitrogen and oxygen atoms in total. The molecule has 0 saturated carbocycles. The zero-order valence-corrected chi connectivity index (χ0v) is 14.2. The highest BCUT2D eigenvalue weighted by atomic mass is 35.5. The van der Waals surface area contributed by atoms with Gasteiger partial charge in [0.2, 0.25) is 5.91 Å². The second-order valence-corrected chi connectivity index (χ2v) is 6.08. The van der Waals surface area contributed by atoms with Crippen molar-refractivity contribution in [1.82, 2.24) is 5.32 Å². The van der Waals surface area contributed by atoms with Crippen molar-refractivity contribution >= 4 is 35.1 Å². The van der Waals surface area contributed by atoms with E-state index < -0.39 is 23.6 Å². The van der Waals surface area contributed by atoms with Gasteiger partial charge in [0.15, 0.2) is 0 Å². The number of anilines is 1. The Morgan fingerprint density at radius 2 is 1.76 bits per heavy atom. The monoisotopic (exact) mass is 368 g/mol. The summed E-state index contributed by atoms with van der Waals surface area (Å²) in [4.78, 5) is 35.2. The van der Waals surface area contributed by atoms with Gasteiger partial charge in [0.1, 0.15) is 5.82 Å². The van der Waals surface area contributed by atoms with Crippen LogP contribution in [0.4, 0.5) is 10.1 Å². The Morgan fingerprint density at radius 1 is 1.12 bits per heavy atom. The second kappa shape index (κ2) is 8.62. The van der Waals surface area contributed by atoms with Crippen LogP contribution in [0.25, 0.3) is 0 Å². The Bertz CT molecular complexity index is 733. The normalized spacial score (nSPS) is 14.2. The number of halogens is 2. The van der Waals surface area contributed by atoms with Gasteiger partial charge in [-0.05, 0) is 43.9 Å². The first-order chi connectivity index (χ1) is 11.9. The van der Waals surface area contributed by atoms with Crippen molar-refractivity contribution in [2.45, 2.75) is 32.1 Å². The average Bonchev–Trinajstić information content (AvgIpc) is 2.57. The first-order valence-electron chi connectivity index (χ1n) is 7.87. The third kappa shape index (κ3) is 5.29. The van der Waals surface area contributed by atoms with E-state index in [2.05, 4.69) is 10.6 Å². The van der Waals surface area contributed by atoms with E-state index in [0.29, 0.717) is 24.0 Å². The predicted octanol–water partition coefficient (Wildman–Crippen LogP) is 2.88. The summed E-state index contributed by atoms with van der Waals surface area (Å²) in [5.74, 6) is -2.68. The lowest BCUT2D eigenvalue weighted by Gasteiger charge is -2.19. The molecule has 25 heavy (non-hydrogen) atoms. The van der Waals surface area contributed by atoms with E-state index in [1.807, 2.05) is 0 Å². The van der Waals surface area contributed by atoms with E-state index in [-0.39, 0.29) is 23.7 Å². The maximum Gasteiger partial charge on any atom is 0.305 e. The predicted molar refractivity (Wildman–Crippen MR) is 90.8 cm³/mol. The third-order valence-corrected chi connectivity index (χ3v) is 4.05. The third-order valence-electron chi connectivity index (χ3n) is 3.82. The van der Waals surface area contributed by atoms with Crippen LogP contribution in [-0.4, -0.2) is 29.4 Å². The number of hydrogen-bond donors (Lipinski definition) is 3. The molecule has 0 atom stereocenters. The fourth-order valence-electron chi connectivity index (χ4n) is 2.58. The van der Waals surface area contributed by atoms with Crippen molar-refractivity contribution < 1.29 is 23.9 Å². The molecule has 134 valence electrons. The van der Waals surface area contributed by atoms with E-state index in [1.54, 1.807) is 0 Å². The molecule has 8 heteroatoms. The van der Waals surface area contributed by atoms with Crippen LogP contribution in [0.2, 0.25) is 5.02 Å². The molecule has 0 aliphatic heterocycles. The molecule has 0 fully saturated rings. The molecular formula is C17H18ClFN2O4. The lowest BCUT2D eigenvalue weighted by Crippen LogP contribution is -2.31. The Hall–Kier alpha value is -2.41. The Kier molecular flexibility index (Phi) is 6.52. The number of carbonyl (C=O) groups is 3. The van der Waals surface area contributed by atoms with Crippen LogP contribution in [0.5, 0.6) is 0 Å². The number of aliphatic carboxylic acids is 1. The van der Waals surface area contributed by atoms with Crippen LogP contribution in [0, 0.1) is 5.82 Å². The van der Waals surface area contributed by atoms with Crippen molar-refractivity contribution in [3.8, 4) is 0 Å². The van der Waals surface area contributed by atoms with E-state index >= 15 is 0 Å². The number of nitrogens with one attached hydrogen (secondary N) is 2. The molecule has 0 radical (unpaired) electrons. The molecule has 0 saturated heterocycles. The van der Waals surface area contributed by atoms with Crippen molar-refractivity contribution in [3.63, 3.8) is 0 Å². The molecule has 0 spiro atoms. The number of rotatable bonds is 6. The van der Waals surface area contributed by atoms with Gasteiger partial charge in [0, 0.05) is 22.7 Å². The van der Waals surface area contributed by atoms with Gasteiger partial charge in [-0.25, -0.2) is 4.39 Å². The van der Waals surface area contributed by atoms with Crippen molar-refractivity contribution in [2.75, 3.05) is 11.9 Å². The summed E-state index contributed by atoms with van der Waals surface area (Å²) in [6.45, 7) is -0.0155. The van der Waals surface area contributed by atoms with Crippen LogP contribution < -0.4 is 10.6 Å². The van der Waals surface area contributed by atoms with E-state index in [1.165, 1.54) is 12.1 Å². The van der Waals surface area contributed by atoms with Gasteiger partial charge < -0.3 is 15.7 Å². The SMILES string of the molecule is O=C(O)CCNC(=O)C1=C(C(=O)Nc2ccc(Cl)cc2F)CCCC1. The Labute approximate surface area is 149 Å². The summed E-state index contributed by atoms with van der Waals surface area (Å²) in [5.41, 5.74) is 0.607. The minimum atomic E-state index is -1.02. The standard InChI is InChI=1S/C17H18ClFN2O4/c18-10-5-6-14(13(19)9-10)21-17(25)12-4-2-1-3-11(12)16(24)20-8-7-15(22)23/h5-6,9H,1-4,7-8H2,(H,20,24)(H,21,25)(H,22,23). The summed E-state index contributed by atoms with van der Waals surface area (Å²) in [7, 11) is 0. The topological polar surface area (TPSA) is 95.5 Å². The van der Waals surface area contributed by atoms with Crippen LogP contribution in [0.15, 0.2) is 29.3 Å². The maximum absolute atomic E-state index is 13.8. The molecule has 0 heterocycles. The summed E-state index contributed by atoms with van der Waals surface area (Å²) >= 11 is 5.68. The Balaban J connectivity index is 2.14. The summed E-state index contributed by atoms with van der Waals surface area (Å²) < 4.78 is 13.8. The van der Waals surface area contributed by atoms with Crippen LogP contribution >= 0.6 is 11.6 Å². The lowest BCUT2D eigenvalue weighted by atomic mass is 9.90.